The Morgan fingerprint density at radius 2 is 2.13 bits per heavy atom. The van der Waals surface area contributed by atoms with Crippen molar-refractivity contribution in [3.8, 4) is 0 Å². The Balaban J connectivity index is 2.19. The number of ether oxygens (including phenoxy) is 1. The number of hydrogen-bond acceptors (Lipinski definition) is 4. The molecule has 0 aromatic heterocycles. The summed E-state index contributed by atoms with van der Waals surface area (Å²) in [7, 11) is 0. The molecule has 0 radical (unpaired) electrons. The zero-order valence-corrected chi connectivity index (χ0v) is 13.7. The van der Waals surface area contributed by atoms with E-state index in [1.807, 2.05) is 30.3 Å². The summed E-state index contributed by atoms with van der Waals surface area (Å²) >= 11 is 5.19. The van der Waals surface area contributed by atoms with Gasteiger partial charge in [0, 0.05) is 0 Å². The molecule has 1 aliphatic heterocycles. The van der Waals surface area contributed by atoms with Crippen molar-refractivity contribution in [2.45, 2.75) is 25.0 Å². The van der Waals surface area contributed by atoms with Crippen LogP contribution in [-0.4, -0.2) is 39.8 Å². The fourth-order valence-electron chi connectivity index (χ4n) is 2.68. The Bertz CT molecular complexity index is 587. The van der Waals surface area contributed by atoms with Crippen LogP contribution >= 0.6 is 12.2 Å². The molecule has 4 nitrogen and oxygen atoms in total. The van der Waals surface area contributed by atoms with Crippen LogP contribution in [0.2, 0.25) is 0 Å². The predicted octanol–water partition coefficient (Wildman–Crippen LogP) is 2.48. The molecule has 0 aliphatic carbocycles. The summed E-state index contributed by atoms with van der Waals surface area (Å²) in [6, 6.07) is 9.70. The molecular formula is C18H21NO3S. The average Bonchev–Trinajstić information content (AvgIpc) is 2.92. The maximum absolute atomic E-state index is 12.8. The van der Waals surface area contributed by atoms with Crippen molar-refractivity contribution in [2.75, 3.05) is 6.61 Å². The van der Waals surface area contributed by atoms with Gasteiger partial charge in [0.15, 0.2) is 0 Å². The summed E-state index contributed by atoms with van der Waals surface area (Å²) in [6.45, 7) is 7.58. The van der Waals surface area contributed by atoms with Crippen LogP contribution in [0.4, 0.5) is 0 Å². The first kappa shape index (κ1) is 17.4. The standard InChI is InChI=1S/C18H21NO3S/c1-3-8-15(16(20)4-2)17(21)19-14(12-22-18(19)23)11-13-9-6-5-7-10-13/h3-7,9-10,14-16,20H,1-2,8,11-12H2/t14?,15-,16-/m0/s1. The van der Waals surface area contributed by atoms with E-state index in [1.165, 1.54) is 11.0 Å². The van der Waals surface area contributed by atoms with Crippen LogP contribution in [0.5, 0.6) is 0 Å². The van der Waals surface area contributed by atoms with Crippen molar-refractivity contribution in [1.29, 1.82) is 0 Å². The van der Waals surface area contributed by atoms with Crippen molar-refractivity contribution >= 4 is 23.3 Å². The van der Waals surface area contributed by atoms with Crippen LogP contribution in [0.1, 0.15) is 12.0 Å². The van der Waals surface area contributed by atoms with Gasteiger partial charge in [0.25, 0.3) is 5.17 Å². The Kier molecular flexibility index (Phi) is 6.07. The largest absolute Gasteiger partial charge is 0.468 e. The van der Waals surface area contributed by atoms with E-state index in [9.17, 15) is 9.90 Å². The van der Waals surface area contributed by atoms with Gasteiger partial charge in [-0.15, -0.1) is 13.2 Å². The third-order valence-corrected chi connectivity index (χ3v) is 4.22. The van der Waals surface area contributed by atoms with Crippen molar-refractivity contribution in [1.82, 2.24) is 4.90 Å². The van der Waals surface area contributed by atoms with E-state index in [0.717, 1.165) is 5.56 Å². The third-order valence-electron chi connectivity index (χ3n) is 3.90. The number of amides is 1. The minimum atomic E-state index is -0.943. The van der Waals surface area contributed by atoms with E-state index in [-0.39, 0.29) is 17.1 Å². The SMILES string of the molecule is C=CC[C@H](C(=O)N1C(=S)OCC1Cc1ccccc1)[C@@H](O)C=C. The Morgan fingerprint density at radius 3 is 2.74 bits per heavy atom. The predicted molar refractivity (Wildman–Crippen MR) is 93.8 cm³/mol. The van der Waals surface area contributed by atoms with E-state index < -0.39 is 12.0 Å². The van der Waals surface area contributed by atoms with E-state index >= 15 is 0 Å². The lowest BCUT2D eigenvalue weighted by Gasteiger charge is -2.27. The molecule has 0 bridgehead atoms. The van der Waals surface area contributed by atoms with Gasteiger partial charge in [-0.3, -0.25) is 9.69 Å². The molecule has 1 aromatic carbocycles. The first-order chi connectivity index (χ1) is 11.1. The highest BCUT2D eigenvalue weighted by Gasteiger charge is 2.39. The number of carbonyl (C=O) groups is 1. The van der Waals surface area contributed by atoms with E-state index in [0.29, 0.717) is 19.4 Å². The molecule has 1 N–H and O–H groups in total. The number of carbonyl (C=O) groups excluding carboxylic acids is 1. The molecule has 23 heavy (non-hydrogen) atoms. The second-order valence-corrected chi connectivity index (χ2v) is 5.84. The Morgan fingerprint density at radius 1 is 1.43 bits per heavy atom. The van der Waals surface area contributed by atoms with E-state index in [4.69, 9.17) is 17.0 Å². The van der Waals surface area contributed by atoms with Crippen molar-refractivity contribution < 1.29 is 14.6 Å². The number of aliphatic hydroxyl groups excluding tert-OH is 1. The zero-order valence-electron chi connectivity index (χ0n) is 12.9. The van der Waals surface area contributed by atoms with E-state index in [1.54, 1.807) is 6.08 Å². The van der Waals surface area contributed by atoms with Crippen LogP contribution in [0.3, 0.4) is 0 Å². The minimum Gasteiger partial charge on any atom is -0.468 e. The number of aliphatic hydroxyl groups is 1. The molecule has 2 rings (SSSR count). The monoisotopic (exact) mass is 331 g/mol. The molecule has 0 saturated carbocycles. The number of hydrogen-bond donors (Lipinski definition) is 1. The van der Waals surface area contributed by atoms with Crippen molar-refractivity contribution in [2.24, 2.45) is 5.92 Å². The minimum absolute atomic E-state index is 0.165. The van der Waals surface area contributed by atoms with Gasteiger partial charge in [-0.25, -0.2) is 0 Å². The fourth-order valence-corrected chi connectivity index (χ4v) is 2.98. The van der Waals surface area contributed by atoms with Crippen LogP contribution in [0.15, 0.2) is 55.6 Å². The van der Waals surface area contributed by atoms with Gasteiger partial charge >= 0.3 is 0 Å². The number of thiocarbonyl (C=S) groups is 1. The lowest BCUT2D eigenvalue weighted by molar-refractivity contribution is -0.135. The van der Waals surface area contributed by atoms with Crippen molar-refractivity contribution in [3.63, 3.8) is 0 Å². The topological polar surface area (TPSA) is 49.8 Å². The highest BCUT2D eigenvalue weighted by molar-refractivity contribution is 7.80. The summed E-state index contributed by atoms with van der Waals surface area (Å²) in [5.41, 5.74) is 1.10. The van der Waals surface area contributed by atoms with Gasteiger partial charge in [0.2, 0.25) is 5.91 Å². The first-order valence-corrected chi connectivity index (χ1v) is 7.94. The van der Waals surface area contributed by atoms with Gasteiger partial charge in [-0.1, -0.05) is 42.5 Å². The number of allylic oxidation sites excluding steroid dienone is 1. The molecule has 1 unspecified atom stereocenters. The van der Waals surface area contributed by atoms with Crippen LogP contribution in [0, 0.1) is 5.92 Å². The molecule has 122 valence electrons. The molecule has 0 spiro atoms. The zero-order chi connectivity index (χ0) is 16.8. The molecule has 5 heteroatoms. The molecular weight excluding hydrogens is 310 g/mol. The number of nitrogens with zero attached hydrogens (tertiary/aromatic N) is 1. The van der Waals surface area contributed by atoms with E-state index in [2.05, 4.69) is 13.2 Å². The molecule has 3 atom stereocenters. The highest BCUT2D eigenvalue weighted by Crippen LogP contribution is 2.23. The molecule has 1 heterocycles. The van der Waals surface area contributed by atoms with Gasteiger partial charge in [-0.05, 0) is 30.6 Å². The number of benzene rings is 1. The quantitative estimate of drug-likeness (QED) is 0.616. The summed E-state index contributed by atoms with van der Waals surface area (Å²) in [5.74, 6) is -0.899. The second kappa shape index (κ2) is 8.04. The number of rotatable bonds is 7. The first-order valence-electron chi connectivity index (χ1n) is 7.53. The molecule has 1 fully saturated rings. The van der Waals surface area contributed by atoms with Gasteiger partial charge in [0.1, 0.15) is 6.61 Å². The summed E-state index contributed by atoms with van der Waals surface area (Å²) in [6.07, 6.45) is 3.03. The smallest absolute Gasteiger partial charge is 0.266 e. The van der Waals surface area contributed by atoms with Crippen LogP contribution in [0.25, 0.3) is 0 Å². The average molecular weight is 331 g/mol. The van der Waals surface area contributed by atoms with Crippen molar-refractivity contribution in [3.05, 3.63) is 61.2 Å². The molecule has 1 amide bonds. The molecule has 1 aromatic rings. The summed E-state index contributed by atoms with van der Waals surface area (Å²) < 4.78 is 5.42. The van der Waals surface area contributed by atoms with Gasteiger partial charge < -0.3 is 9.84 Å². The summed E-state index contributed by atoms with van der Waals surface area (Å²) in [5, 5.41) is 10.2. The highest BCUT2D eigenvalue weighted by atomic mass is 32.1. The maximum atomic E-state index is 12.8. The Hall–Kier alpha value is -1.98. The normalized spacial score (nSPS) is 19.8. The summed E-state index contributed by atoms with van der Waals surface area (Å²) in [4.78, 5) is 14.3. The maximum Gasteiger partial charge on any atom is 0.266 e. The molecule has 1 saturated heterocycles. The fraction of sp³-hybridized carbons (Fsp3) is 0.333. The molecule has 1 aliphatic rings. The van der Waals surface area contributed by atoms with Gasteiger partial charge in [-0.2, -0.15) is 0 Å². The van der Waals surface area contributed by atoms with Crippen LogP contribution < -0.4 is 0 Å². The Labute approximate surface area is 142 Å². The lowest BCUT2D eigenvalue weighted by Crippen LogP contribution is -2.46. The van der Waals surface area contributed by atoms with Crippen LogP contribution in [-0.2, 0) is 16.0 Å². The van der Waals surface area contributed by atoms with Gasteiger partial charge in [0.05, 0.1) is 18.1 Å². The lowest BCUT2D eigenvalue weighted by atomic mass is 9.95. The second-order valence-electron chi connectivity index (χ2n) is 5.49. The third kappa shape index (κ3) is 4.06.